The van der Waals surface area contributed by atoms with Crippen LogP contribution in [0.5, 0.6) is 0 Å². The lowest BCUT2D eigenvalue weighted by Crippen LogP contribution is -2.31. The summed E-state index contributed by atoms with van der Waals surface area (Å²) in [7, 11) is 3.67. The lowest BCUT2D eigenvalue weighted by atomic mass is 10.2. The van der Waals surface area contributed by atoms with Gasteiger partial charge in [-0.2, -0.15) is 0 Å². The van der Waals surface area contributed by atoms with Crippen molar-refractivity contribution in [3.05, 3.63) is 17.7 Å². The molecule has 0 spiro atoms. The molecule has 14 heavy (non-hydrogen) atoms. The Bertz CT molecular complexity index is 358. The van der Waals surface area contributed by atoms with Gasteiger partial charge < -0.3 is 9.88 Å². The fourth-order valence-electron chi connectivity index (χ4n) is 1.69. The Morgan fingerprint density at radius 1 is 1.57 bits per heavy atom. The maximum Gasteiger partial charge on any atom is 0.271 e. The molecule has 0 fully saturated rings. The smallest absolute Gasteiger partial charge is 0.271 e. The Labute approximate surface area is 82.7 Å². The number of hydrogen-bond acceptors (Lipinski definition) is 3. The van der Waals surface area contributed by atoms with Crippen molar-refractivity contribution in [3.63, 3.8) is 0 Å². The van der Waals surface area contributed by atoms with Gasteiger partial charge in [-0.15, -0.1) is 0 Å². The van der Waals surface area contributed by atoms with Crippen molar-refractivity contribution < 1.29 is 4.79 Å². The number of hydrogen-bond donors (Lipinski definition) is 1. The van der Waals surface area contributed by atoms with Gasteiger partial charge in [0.2, 0.25) is 0 Å². The summed E-state index contributed by atoms with van der Waals surface area (Å²) in [4.78, 5) is 17.8. The van der Waals surface area contributed by atoms with Crippen molar-refractivity contribution in [2.24, 2.45) is 0 Å². The van der Waals surface area contributed by atoms with Crippen LogP contribution < -0.4 is 5.32 Å². The number of rotatable bonds is 1. The van der Waals surface area contributed by atoms with E-state index in [0.29, 0.717) is 5.69 Å². The minimum atomic E-state index is -0.103. The minimum Gasteiger partial charge on any atom is -0.354 e. The molecule has 0 radical (unpaired) electrons. The normalized spacial score (nSPS) is 16.4. The minimum absolute atomic E-state index is 0.103. The lowest BCUT2D eigenvalue weighted by Gasteiger charge is -2.24. The first-order valence-corrected chi connectivity index (χ1v) is 4.67. The highest BCUT2D eigenvalue weighted by Gasteiger charge is 2.21. The van der Waals surface area contributed by atoms with Crippen molar-refractivity contribution in [1.29, 1.82) is 0 Å². The number of aromatic nitrogens is 2. The van der Waals surface area contributed by atoms with Crippen molar-refractivity contribution in [1.82, 2.24) is 19.8 Å². The van der Waals surface area contributed by atoms with E-state index in [4.69, 9.17) is 0 Å². The second-order valence-corrected chi connectivity index (χ2v) is 3.55. The molecule has 0 saturated carbocycles. The van der Waals surface area contributed by atoms with E-state index in [1.165, 1.54) is 0 Å². The average molecular weight is 194 g/mol. The summed E-state index contributed by atoms with van der Waals surface area (Å²) in [5, 5.41) is 2.60. The molecule has 1 N–H and O–H groups in total. The van der Waals surface area contributed by atoms with Crippen molar-refractivity contribution in [2.75, 3.05) is 20.6 Å². The second-order valence-electron chi connectivity index (χ2n) is 3.55. The topological polar surface area (TPSA) is 50.2 Å². The van der Waals surface area contributed by atoms with E-state index in [-0.39, 0.29) is 5.91 Å². The number of fused-ring (bicyclic) bond motifs is 1. The van der Waals surface area contributed by atoms with Crippen LogP contribution in [0.2, 0.25) is 0 Å². The number of likely N-dealkylation sites (N-methyl/N-ethyl adjacent to an activating group) is 1. The van der Waals surface area contributed by atoms with Gasteiger partial charge in [0.15, 0.2) is 5.69 Å². The third-order valence-electron chi connectivity index (χ3n) is 2.53. The summed E-state index contributed by atoms with van der Waals surface area (Å²) in [5.41, 5.74) is 1.57. The molecule has 5 heteroatoms. The highest BCUT2D eigenvalue weighted by atomic mass is 16.1. The van der Waals surface area contributed by atoms with Crippen LogP contribution in [-0.2, 0) is 13.1 Å². The summed E-state index contributed by atoms with van der Waals surface area (Å²) in [5.74, 6) is -0.103. The maximum absolute atomic E-state index is 11.4. The second kappa shape index (κ2) is 3.42. The van der Waals surface area contributed by atoms with Gasteiger partial charge in [0, 0.05) is 26.7 Å². The van der Waals surface area contributed by atoms with E-state index in [9.17, 15) is 4.79 Å². The molecule has 0 saturated heterocycles. The molecule has 0 aromatic carbocycles. The van der Waals surface area contributed by atoms with E-state index in [2.05, 4.69) is 15.2 Å². The van der Waals surface area contributed by atoms with Crippen molar-refractivity contribution >= 4 is 5.91 Å². The molecular weight excluding hydrogens is 180 g/mol. The van der Waals surface area contributed by atoms with Crippen LogP contribution in [0, 0.1) is 0 Å². The highest BCUT2D eigenvalue weighted by Crippen LogP contribution is 2.14. The Morgan fingerprint density at radius 2 is 2.36 bits per heavy atom. The Hall–Kier alpha value is -1.36. The highest BCUT2D eigenvalue weighted by molar-refractivity contribution is 5.93. The van der Waals surface area contributed by atoms with Crippen LogP contribution in [0.25, 0.3) is 0 Å². The zero-order valence-electron chi connectivity index (χ0n) is 8.45. The predicted octanol–water partition coefficient (Wildman–Crippen LogP) is -0.312. The van der Waals surface area contributed by atoms with E-state index in [1.807, 2.05) is 11.6 Å². The fraction of sp³-hybridized carbons (Fsp3) is 0.556. The largest absolute Gasteiger partial charge is 0.354 e. The molecule has 1 aliphatic rings. The summed E-state index contributed by atoms with van der Waals surface area (Å²) in [6.07, 6.45) is 1.74. The van der Waals surface area contributed by atoms with Crippen LogP contribution >= 0.6 is 0 Å². The maximum atomic E-state index is 11.4. The first-order chi connectivity index (χ1) is 6.72. The number of nitrogens with zero attached hydrogens (tertiary/aromatic N) is 3. The van der Waals surface area contributed by atoms with Gasteiger partial charge in [-0.3, -0.25) is 9.69 Å². The quantitative estimate of drug-likeness (QED) is 0.667. The van der Waals surface area contributed by atoms with Gasteiger partial charge in [-0.25, -0.2) is 4.98 Å². The molecule has 2 heterocycles. The van der Waals surface area contributed by atoms with Crippen LogP contribution in [0.3, 0.4) is 0 Å². The first-order valence-electron chi connectivity index (χ1n) is 4.67. The van der Waals surface area contributed by atoms with Gasteiger partial charge in [0.1, 0.15) is 0 Å². The zero-order valence-corrected chi connectivity index (χ0v) is 8.45. The molecule has 0 aliphatic carbocycles. The molecule has 1 aliphatic heterocycles. The van der Waals surface area contributed by atoms with Gasteiger partial charge in [0.25, 0.3) is 5.91 Å². The molecule has 1 aromatic heterocycles. The van der Waals surface area contributed by atoms with E-state index >= 15 is 0 Å². The first kappa shape index (κ1) is 9.21. The van der Waals surface area contributed by atoms with E-state index in [1.54, 1.807) is 13.4 Å². The van der Waals surface area contributed by atoms with Crippen molar-refractivity contribution in [3.8, 4) is 0 Å². The number of amides is 1. The van der Waals surface area contributed by atoms with Crippen LogP contribution in [0.15, 0.2) is 6.33 Å². The molecule has 0 bridgehead atoms. The average Bonchev–Trinajstić information content (AvgIpc) is 2.59. The molecule has 2 rings (SSSR count). The van der Waals surface area contributed by atoms with Crippen LogP contribution in [0.4, 0.5) is 0 Å². The van der Waals surface area contributed by atoms with Gasteiger partial charge in [-0.05, 0) is 7.05 Å². The number of carbonyl (C=O) groups excluding carboxylic acids is 1. The van der Waals surface area contributed by atoms with Crippen LogP contribution in [0.1, 0.15) is 16.2 Å². The van der Waals surface area contributed by atoms with Gasteiger partial charge in [0.05, 0.1) is 12.0 Å². The van der Waals surface area contributed by atoms with E-state index < -0.39 is 0 Å². The third kappa shape index (κ3) is 1.39. The molecule has 5 nitrogen and oxygen atoms in total. The summed E-state index contributed by atoms with van der Waals surface area (Å²) in [6.45, 7) is 2.72. The molecule has 1 amide bonds. The SMILES string of the molecule is CNC(=O)c1ncn2c1CN(C)CC2. The van der Waals surface area contributed by atoms with E-state index in [0.717, 1.165) is 25.3 Å². The number of nitrogens with one attached hydrogen (secondary N) is 1. The molecule has 0 unspecified atom stereocenters. The third-order valence-corrected chi connectivity index (χ3v) is 2.53. The molecule has 1 aromatic rings. The monoisotopic (exact) mass is 194 g/mol. The van der Waals surface area contributed by atoms with Gasteiger partial charge >= 0.3 is 0 Å². The molecular formula is C9H14N4O. The van der Waals surface area contributed by atoms with Crippen LogP contribution in [-0.4, -0.2) is 41.0 Å². The predicted molar refractivity (Wildman–Crippen MR) is 52.0 cm³/mol. The zero-order chi connectivity index (χ0) is 10.1. The summed E-state index contributed by atoms with van der Waals surface area (Å²) in [6, 6.07) is 0. The molecule has 0 atom stereocenters. The number of imidazole rings is 1. The van der Waals surface area contributed by atoms with Gasteiger partial charge in [-0.1, -0.05) is 0 Å². The summed E-state index contributed by atoms with van der Waals surface area (Å²) < 4.78 is 2.05. The fourth-order valence-corrected chi connectivity index (χ4v) is 1.69. The standard InChI is InChI=1S/C9H14N4O/c1-10-9(14)8-7-5-12(2)3-4-13(7)6-11-8/h6H,3-5H2,1-2H3,(H,10,14). The summed E-state index contributed by atoms with van der Waals surface area (Å²) >= 11 is 0. The molecule has 76 valence electrons. The van der Waals surface area contributed by atoms with Crippen molar-refractivity contribution in [2.45, 2.75) is 13.1 Å². The Morgan fingerprint density at radius 3 is 3.07 bits per heavy atom. The lowest BCUT2D eigenvalue weighted by molar-refractivity contribution is 0.0955. The Kier molecular flexibility index (Phi) is 2.25. The number of carbonyl (C=O) groups is 1. The Balaban J connectivity index is 2.35.